The predicted molar refractivity (Wildman–Crippen MR) is 71.4 cm³/mol. The lowest BCUT2D eigenvalue weighted by atomic mass is 10.3. The third-order valence-electron chi connectivity index (χ3n) is 2.58. The van der Waals surface area contributed by atoms with Crippen LogP contribution in [0.5, 0.6) is 0 Å². The van der Waals surface area contributed by atoms with Crippen molar-refractivity contribution in [2.45, 2.75) is 13.0 Å². The van der Waals surface area contributed by atoms with E-state index < -0.39 is 0 Å². The van der Waals surface area contributed by atoms with E-state index in [0.29, 0.717) is 21.3 Å². The minimum atomic E-state index is -0.372. The molecule has 0 aliphatic carbocycles. The number of H-pyrrole nitrogens is 1. The lowest BCUT2D eigenvalue weighted by Crippen LogP contribution is -2.07. The number of imidazole rings is 1. The molecule has 2 rings (SSSR count). The van der Waals surface area contributed by atoms with Crippen LogP contribution in [-0.4, -0.2) is 22.6 Å². The van der Waals surface area contributed by atoms with Crippen LogP contribution in [0.4, 0.5) is 4.39 Å². The van der Waals surface area contributed by atoms with Gasteiger partial charge in [-0.15, -0.1) is 0 Å². The highest BCUT2D eigenvalue weighted by molar-refractivity contribution is 9.10. The first-order valence-corrected chi connectivity index (χ1v) is 6.37. The highest BCUT2D eigenvalue weighted by Gasteiger charge is 2.10. The van der Waals surface area contributed by atoms with Crippen LogP contribution in [0.2, 0.25) is 0 Å². The smallest absolute Gasteiger partial charge is 0.307 e. The van der Waals surface area contributed by atoms with Gasteiger partial charge in [0.15, 0.2) is 4.77 Å². The van der Waals surface area contributed by atoms with Crippen LogP contribution in [-0.2, 0) is 16.1 Å². The van der Waals surface area contributed by atoms with E-state index in [1.807, 2.05) is 0 Å². The van der Waals surface area contributed by atoms with Crippen LogP contribution in [0.3, 0.4) is 0 Å². The van der Waals surface area contributed by atoms with Crippen LogP contribution in [0, 0.1) is 10.6 Å². The van der Waals surface area contributed by atoms with E-state index in [2.05, 4.69) is 25.7 Å². The van der Waals surface area contributed by atoms with E-state index in [9.17, 15) is 9.18 Å². The molecule has 2 aromatic rings. The Bertz CT molecular complexity index is 665. The van der Waals surface area contributed by atoms with E-state index in [4.69, 9.17) is 12.2 Å². The number of rotatable bonds is 3. The molecule has 1 aromatic heterocycles. The number of carbonyl (C=O) groups excluding carboxylic acids is 1. The minimum absolute atomic E-state index is 0.190. The van der Waals surface area contributed by atoms with Gasteiger partial charge in [0, 0.05) is 12.6 Å². The number of benzene rings is 1. The molecule has 1 N–H and O–H groups in total. The van der Waals surface area contributed by atoms with Gasteiger partial charge >= 0.3 is 5.97 Å². The lowest BCUT2D eigenvalue weighted by molar-refractivity contribution is -0.140. The Morgan fingerprint density at radius 3 is 3.00 bits per heavy atom. The van der Waals surface area contributed by atoms with Crippen LogP contribution < -0.4 is 0 Å². The quantitative estimate of drug-likeness (QED) is 0.693. The van der Waals surface area contributed by atoms with Crippen LogP contribution >= 0.6 is 28.1 Å². The number of carbonyl (C=O) groups is 1. The van der Waals surface area contributed by atoms with Crippen LogP contribution in [0.15, 0.2) is 16.6 Å². The van der Waals surface area contributed by atoms with Gasteiger partial charge in [-0.3, -0.25) is 4.79 Å². The molecule has 0 amide bonds. The molecule has 0 saturated carbocycles. The fourth-order valence-electron chi connectivity index (χ4n) is 1.68. The zero-order valence-electron chi connectivity index (χ0n) is 9.50. The molecule has 1 heterocycles. The highest BCUT2D eigenvalue weighted by Crippen LogP contribution is 2.23. The summed E-state index contributed by atoms with van der Waals surface area (Å²) in [4.78, 5) is 14.1. The van der Waals surface area contributed by atoms with Gasteiger partial charge in [-0.2, -0.15) is 0 Å². The first kappa shape index (κ1) is 13.2. The van der Waals surface area contributed by atoms with Gasteiger partial charge in [-0.05, 0) is 34.2 Å². The number of hydrogen-bond acceptors (Lipinski definition) is 3. The summed E-state index contributed by atoms with van der Waals surface area (Å²) in [6.07, 6.45) is 0.190. The number of fused-ring (bicyclic) bond motifs is 1. The maximum atomic E-state index is 13.5. The van der Waals surface area contributed by atoms with Crippen molar-refractivity contribution in [3.63, 3.8) is 0 Å². The number of nitrogens with zero attached hydrogens (tertiary/aromatic N) is 1. The fourth-order valence-corrected chi connectivity index (χ4v) is 2.32. The molecule has 0 radical (unpaired) electrons. The number of aromatic nitrogens is 2. The van der Waals surface area contributed by atoms with Crippen molar-refractivity contribution in [3.8, 4) is 0 Å². The Balaban J connectivity index is 2.44. The number of ether oxygens (including phenoxy) is 1. The molecule has 0 bridgehead atoms. The van der Waals surface area contributed by atoms with Gasteiger partial charge in [-0.1, -0.05) is 0 Å². The molecule has 4 nitrogen and oxygen atoms in total. The molecule has 0 fully saturated rings. The number of nitrogens with one attached hydrogen (secondary N) is 1. The second kappa shape index (κ2) is 5.19. The Labute approximate surface area is 116 Å². The van der Waals surface area contributed by atoms with E-state index >= 15 is 0 Å². The fraction of sp³-hybridized carbons (Fsp3) is 0.273. The number of hydrogen-bond donors (Lipinski definition) is 1. The standard InChI is InChI=1S/C11H10BrFN2O2S/c1-17-10(16)2-3-15-9-5-7(13)6(12)4-8(9)14-11(15)18/h4-5H,2-3H2,1H3,(H,14,18). The summed E-state index contributed by atoms with van der Waals surface area (Å²) in [5.74, 6) is -0.702. The van der Waals surface area contributed by atoms with E-state index in [0.717, 1.165) is 5.52 Å². The zero-order valence-corrected chi connectivity index (χ0v) is 11.9. The number of aryl methyl sites for hydroxylation is 1. The van der Waals surface area contributed by atoms with Crippen molar-refractivity contribution in [2.75, 3.05) is 7.11 Å². The summed E-state index contributed by atoms with van der Waals surface area (Å²) >= 11 is 8.26. The van der Waals surface area contributed by atoms with Crippen molar-refractivity contribution in [2.24, 2.45) is 0 Å². The number of aromatic amines is 1. The van der Waals surface area contributed by atoms with Crippen molar-refractivity contribution in [1.29, 1.82) is 0 Å². The van der Waals surface area contributed by atoms with Gasteiger partial charge in [0.2, 0.25) is 0 Å². The number of methoxy groups -OCH3 is 1. The lowest BCUT2D eigenvalue weighted by Gasteiger charge is -2.04. The molecule has 0 atom stereocenters. The summed E-state index contributed by atoms with van der Waals surface area (Å²) in [7, 11) is 1.33. The number of halogens is 2. The highest BCUT2D eigenvalue weighted by atomic mass is 79.9. The average Bonchev–Trinajstić information content (AvgIpc) is 2.62. The van der Waals surface area contributed by atoms with Crippen LogP contribution in [0.25, 0.3) is 11.0 Å². The summed E-state index contributed by atoms with van der Waals surface area (Å²) in [6, 6.07) is 3.00. The maximum absolute atomic E-state index is 13.5. The molecular formula is C11H10BrFN2O2S. The molecule has 0 spiro atoms. The second-order valence-electron chi connectivity index (χ2n) is 3.69. The van der Waals surface area contributed by atoms with Gasteiger partial charge in [-0.25, -0.2) is 4.39 Å². The molecule has 0 aliphatic rings. The van der Waals surface area contributed by atoms with Crippen molar-refractivity contribution in [1.82, 2.24) is 9.55 Å². The summed E-state index contributed by atoms with van der Waals surface area (Å²) in [5.41, 5.74) is 1.35. The van der Waals surface area contributed by atoms with E-state index in [1.165, 1.54) is 13.2 Å². The molecule has 18 heavy (non-hydrogen) atoms. The molecular weight excluding hydrogens is 323 g/mol. The Morgan fingerprint density at radius 1 is 1.61 bits per heavy atom. The van der Waals surface area contributed by atoms with Crippen molar-refractivity contribution in [3.05, 3.63) is 27.2 Å². The molecule has 1 aromatic carbocycles. The molecule has 96 valence electrons. The van der Waals surface area contributed by atoms with Gasteiger partial charge in [0.25, 0.3) is 0 Å². The van der Waals surface area contributed by atoms with Gasteiger partial charge < -0.3 is 14.3 Å². The monoisotopic (exact) mass is 332 g/mol. The Morgan fingerprint density at radius 2 is 2.33 bits per heavy atom. The van der Waals surface area contributed by atoms with Crippen molar-refractivity contribution < 1.29 is 13.9 Å². The van der Waals surface area contributed by atoms with E-state index in [-0.39, 0.29) is 18.2 Å². The minimum Gasteiger partial charge on any atom is -0.469 e. The SMILES string of the molecule is COC(=O)CCn1c(=S)[nH]c2cc(Br)c(F)cc21. The third kappa shape index (κ3) is 2.46. The molecule has 0 unspecified atom stereocenters. The molecule has 0 saturated heterocycles. The zero-order chi connectivity index (χ0) is 13.3. The van der Waals surface area contributed by atoms with Crippen LogP contribution in [0.1, 0.15) is 6.42 Å². The van der Waals surface area contributed by atoms with Crippen molar-refractivity contribution >= 4 is 45.2 Å². The normalized spacial score (nSPS) is 10.8. The number of esters is 1. The summed E-state index contributed by atoms with van der Waals surface area (Å²) in [6.45, 7) is 0.354. The first-order valence-electron chi connectivity index (χ1n) is 5.17. The average molecular weight is 333 g/mol. The maximum Gasteiger partial charge on any atom is 0.307 e. The Hall–Kier alpha value is -1.21. The van der Waals surface area contributed by atoms with E-state index in [1.54, 1.807) is 10.6 Å². The van der Waals surface area contributed by atoms with Gasteiger partial charge in [0.1, 0.15) is 5.82 Å². The predicted octanol–water partition coefficient (Wildman–Crippen LogP) is 3.16. The summed E-state index contributed by atoms with van der Waals surface area (Å²) in [5, 5.41) is 0. The summed E-state index contributed by atoms with van der Waals surface area (Å²) < 4.78 is 20.6. The topological polar surface area (TPSA) is 47.0 Å². The third-order valence-corrected chi connectivity index (χ3v) is 3.51. The molecule has 7 heteroatoms. The molecule has 0 aliphatic heterocycles. The second-order valence-corrected chi connectivity index (χ2v) is 4.93. The first-order chi connectivity index (χ1) is 8.52. The van der Waals surface area contributed by atoms with Gasteiger partial charge in [0.05, 0.1) is 29.0 Å². The largest absolute Gasteiger partial charge is 0.469 e. The Kier molecular flexibility index (Phi) is 3.82.